The van der Waals surface area contributed by atoms with Crippen molar-refractivity contribution in [3.05, 3.63) is 46.1 Å². The lowest BCUT2D eigenvalue weighted by atomic mass is 9.92. The van der Waals surface area contributed by atoms with Crippen LogP contribution in [0.4, 0.5) is 0 Å². The van der Waals surface area contributed by atoms with Gasteiger partial charge in [0, 0.05) is 17.7 Å². The summed E-state index contributed by atoms with van der Waals surface area (Å²) in [4.78, 5) is 12.7. The molecule has 10 heteroatoms. The Bertz CT molecular complexity index is 1180. The maximum Gasteiger partial charge on any atom is 0.197 e. The van der Waals surface area contributed by atoms with Crippen molar-refractivity contribution in [2.75, 3.05) is 6.61 Å². The van der Waals surface area contributed by atoms with Gasteiger partial charge in [0.25, 0.3) is 0 Å². The number of phenols is 4. The third kappa shape index (κ3) is 3.12. The van der Waals surface area contributed by atoms with E-state index in [9.17, 15) is 40.5 Å². The van der Waals surface area contributed by atoms with Gasteiger partial charge < -0.3 is 44.9 Å². The number of benzene rings is 2. The molecular formula is C20H18O10. The van der Waals surface area contributed by atoms with Crippen LogP contribution in [0, 0.1) is 0 Å². The Morgan fingerprint density at radius 3 is 2.30 bits per heavy atom. The van der Waals surface area contributed by atoms with E-state index >= 15 is 0 Å². The maximum absolute atomic E-state index is 12.7. The molecule has 4 rings (SSSR count). The van der Waals surface area contributed by atoms with Crippen molar-refractivity contribution in [2.24, 2.45) is 0 Å². The van der Waals surface area contributed by atoms with E-state index in [4.69, 9.17) is 9.15 Å². The molecule has 4 atom stereocenters. The van der Waals surface area contributed by atoms with E-state index in [1.54, 1.807) is 0 Å². The summed E-state index contributed by atoms with van der Waals surface area (Å²) in [7, 11) is 0. The van der Waals surface area contributed by atoms with Crippen LogP contribution in [-0.2, 0) is 4.74 Å². The van der Waals surface area contributed by atoms with Gasteiger partial charge in [-0.15, -0.1) is 0 Å². The highest BCUT2D eigenvalue weighted by Crippen LogP contribution is 2.43. The minimum Gasteiger partial charge on any atom is -0.507 e. The molecule has 2 aromatic carbocycles. The number of hydrogen-bond donors (Lipinski definition) is 7. The van der Waals surface area contributed by atoms with Crippen molar-refractivity contribution in [3.63, 3.8) is 0 Å². The van der Waals surface area contributed by atoms with Crippen molar-refractivity contribution in [2.45, 2.75) is 24.4 Å². The van der Waals surface area contributed by atoms with Gasteiger partial charge in [0.1, 0.15) is 52.6 Å². The maximum atomic E-state index is 12.7. The largest absolute Gasteiger partial charge is 0.507 e. The van der Waals surface area contributed by atoms with E-state index in [-0.39, 0.29) is 40.2 Å². The molecule has 2 heterocycles. The molecule has 0 radical (unpaired) electrons. The molecule has 0 saturated carbocycles. The molecule has 4 unspecified atom stereocenters. The average molecular weight is 418 g/mol. The van der Waals surface area contributed by atoms with Crippen molar-refractivity contribution in [1.29, 1.82) is 0 Å². The van der Waals surface area contributed by atoms with Crippen LogP contribution < -0.4 is 5.43 Å². The Labute approximate surface area is 168 Å². The van der Waals surface area contributed by atoms with Gasteiger partial charge in [-0.3, -0.25) is 4.79 Å². The van der Waals surface area contributed by atoms with Crippen LogP contribution >= 0.6 is 0 Å². The molecule has 7 N–H and O–H groups in total. The summed E-state index contributed by atoms with van der Waals surface area (Å²) in [5.74, 6) is -2.06. The van der Waals surface area contributed by atoms with Crippen LogP contribution in [0.15, 0.2) is 39.5 Å². The predicted molar refractivity (Wildman–Crippen MR) is 101 cm³/mol. The lowest BCUT2D eigenvalue weighted by Crippen LogP contribution is -2.49. The van der Waals surface area contributed by atoms with E-state index in [1.807, 2.05) is 0 Å². The van der Waals surface area contributed by atoms with Crippen LogP contribution in [0.1, 0.15) is 11.7 Å². The molecule has 0 bridgehead atoms. The summed E-state index contributed by atoms with van der Waals surface area (Å²) >= 11 is 0. The van der Waals surface area contributed by atoms with E-state index < -0.39 is 47.1 Å². The summed E-state index contributed by atoms with van der Waals surface area (Å²) in [6.07, 6.45) is -6.01. The zero-order valence-corrected chi connectivity index (χ0v) is 15.3. The van der Waals surface area contributed by atoms with Gasteiger partial charge in [-0.05, 0) is 18.2 Å². The molecular weight excluding hydrogens is 400 g/mol. The second-order valence-electron chi connectivity index (χ2n) is 7.01. The van der Waals surface area contributed by atoms with Crippen molar-refractivity contribution < 1.29 is 44.9 Å². The summed E-state index contributed by atoms with van der Waals surface area (Å²) in [6.45, 7) is -0.363. The van der Waals surface area contributed by atoms with Gasteiger partial charge in [0.15, 0.2) is 16.9 Å². The van der Waals surface area contributed by atoms with Crippen molar-refractivity contribution >= 4 is 11.0 Å². The zero-order valence-electron chi connectivity index (χ0n) is 15.3. The van der Waals surface area contributed by atoms with Crippen LogP contribution in [0.25, 0.3) is 22.3 Å². The van der Waals surface area contributed by atoms with E-state index in [1.165, 1.54) is 18.2 Å². The summed E-state index contributed by atoms with van der Waals surface area (Å²) in [6, 6.07) is 5.86. The SMILES string of the molecule is O=c1cc(-c2ccc(O)c(O)c2)oc2cc(O)c(C3OCC(O)C(O)C3O)c(O)c12. The quantitative estimate of drug-likeness (QED) is 0.288. The summed E-state index contributed by atoms with van der Waals surface area (Å²) in [5, 5.41) is 69.5. The molecule has 1 aliphatic heterocycles. The zero-order chi connectivity index (χ0) is 21.7. The molecule has 0 amide bonds. The first-order valence-corrected chi connectivity index (χ1v) is 8.90. The molecule has 1 aliphatic rings. The first-order chi connectivity index (χ1) is 14.2. The second kappa shape index (κ2) is 7.18. The highest BCUT2D eigenvalue weighted by Gasteiger charge is 2.41. The number of aromatic hydroxyl groups is 4. The van der Waals surface area contributed by atoms with Gasteiger partial charge in [0.05, 0.1) is 12.2 Å². The number of aliphatic hydroxyl groups is 3. The molecule has 1 saturated heterocycles. The van der Waals surface area contributed by atoms with Crippen LogP contribution in [0.2, 0.25) is 0 Å². The normalized spacial score (nSPS) is 24.2. The fourth-order valence-electron chi connectivity index (χ4n) is 3.46. The summed E-state index contributed by atoms with van der Waals surface area (Å²) < 4.78 is 10.8. The van der Waals surface area contributed by atoms with Crippen LogP contribution in [-0.4, -0.2) is 60.7 Å². The predicted octanol–water partition coefficient (Wildman–Crippen LogP) is 0.436. The van der Waals surface area contributed by atoms with E-state index in [0.717, 1.165) is 12.1 Å². The van der Waals surface area contributed by atoms with Gasteiger partial charge in [-0.25, -0.2) is 0 Å². The van der Waals surface area contributed by atoms with E-state index in [2.05, 4.69) is 0 Å². The molecule has 158 valence electrons. The third-order valence-corrected chi connectivity index (χ3v) is 5.06. The highest BCUT2D eigenvalue weighted by atomic mass is 16.5. The topological polar surface area (TPSA) is 181 Å². The highest BCUT2D eigenvalue weighted by molar-refractivity contribution is 5.88. The van der Waals surface area contributed by atoms with Crippen LogP contribution in [0.3, 0.4) is 0 Å². The minimum atomic E-state index is -1.67. The first kappa shape index (κ1) is 20.0. The number of aliphatic hydroxyl groups excluding tert-OH is 3. The van der Waals surface area contributed by atoms with Gasteiger partial charge in [-0.1, -0.05) is 0 Å². The Kier molecular flexibility index (Phi) is 4.79. The first-order valence-electron chi connectivity index (χ1n) is 8.90. The van der Waals surface area contributed by atoms with Gasteiger partial charge in [-0.2, -0.15) is 0 Å². The molecule has 10 nitrogen and oxygen atoms in total. The molecule has 0 spiro atoms. The monoisotopic (exact) mass is 418 g/mol. The molecule has 30 heavy (non-hydrogen) atoms. The minimum absolute atomic E-state index is 0.00171. The number of phenolic OH excluding ortho intramolecular Hbond substituents is 4. The van der Waals surface area contributed by atoms with Crippen LogP contribution in [0.5, 0.6) is 23.0 Å². The lowest BCUT2D eigenvalue weighted by Gasteiger charge is -2.35. The molecule has 1 aromatic heterocycles. The second-order valence-corrected chi connectivity index (χ2v) is 7.01. The fraction of sp³-hybridized carbons (Fsp3) is 0.250. The molecule has 1 fully saturated rings. The standard InChI is InChI=1S/C20H18O10/c21-8-2-1-7(3-9(8)22)13-4-10(23)15-14(30-13)5-11(24)16(18(15)27)20-19(28)17(26)12(25)6-29-20/h1-5,12,17,19-22,24-28H,6H2. The van der Waals surface area contributed by atoms with Crippen molar-refractivity contribution in [1.82, 2.24) is 0 Å². The summed E-state index contributed by atoms with van der Waals surface area (Å²) in [5.41, 5.74) is -0.947. The Balaban J connectivity index is 1.86. The van der Waals surface area contributed by atoms with E-state index in [0.29, 0.717) is 0 Å². The third-order valence-electron chi connectivity index (χ3n) is 5.06. The number of rotatable bonds is 2. The number of ether oxygens (including phenoxy) is 1. The molecule has 0 aliphatic carbocycles. The Hall–Kier alpha value is -3.31. The number of hydrogen-bond acceptors (Lipinski definition) is 10. The van der Waals surface area contributed by atoms with Gasteiger partial charge in [0.2, 0.25) is 0 Å². The van der Waals surface area contributed by atoms with Crippen molar-refractivity contribution in [3.8, 4) is 34.3 Å². The Morgan fingerprint density at radius 2 is 1.60 bits per heavy atom. The lowest BCUT2D eigenvalue weighted by molar-refractivity contribution is -0.189. The number of fused-ring (bicyclic) bond motifs is 1. The smallest absolute Gasteiger partial charge is 0.197 e. The van der Waals surface area contributed by atoms with Gasteiger partial charge >= 0.3 is 0 Å². The fourth-order valence-corrected chi connectivity index (χ4v) is 3.46. The molecule has 3 aromatic rings. The average Bonchev–Trinajstić information content (AvgIpc) is 2.69. The Morgan fingerprint density at radius 1 is 0.867 bits per heavy atom.